The van der Waals surface area contributed by atoms with Crippen LogP contribution in [0.3, 0.4) is 0 Å². The molecule has 1 aliphatic heterocycles. The Labute approximate surface area is 180 Å². The minimum absolute atomic E-state index is 0.0687. The summed E-state index contributed by atoms with van der Waals surface area (Å²) in [6.07, 6.45) is -0.238. The van der Waals surface area contributed by atoms with E-state index in [0.717, 1.165) is 10.0 Å². The third-order valence-corrected chi connectivity index (χ3v) is 7.29. The van der Waals surface area contributed by atoms with E-state index < -0.39 is 39.5 Å². The number of benzene rings is 2. The Kier molecular flexibility index (Phi) is 5.59. The maximum Gasteiger partial charge on any atom is 0.323 e. The summed E-state index contributed by atoms with van der Waals surface area (Å²) >= 11 is 0. The van der Waals surface area contributed by atoms with Crippen molar-refractivity contribution in [2.45, 2.75) is 36.8 Å². The van der Waals surface area contributed by atoms with Crippen molar-refractivity contribution in [3.63, 3.8) is 0 Å². The van der Waals surface area contributed by atoms with Crippen LogP contribution in [-0.2, 0) is 33.9 Å². The molecule has 8 nitrogen and oxygen atoms in total. The van der Waals surface area contributed by atoms with E-state index in [-0.39, 0.29) is 11.5 Å². The van der Waals surface area contributed by atoms with Gasteiger partial charge < -0.3 is 9.47 Å². The van der Waals surface area contributed by atoms with Gasteiger partial charge in [0.2, 0.25) is 0 Å². The van der Waals surface area contributed by atoms with Crippen molar-refractivity contribution in [3.05, 3.63) is 65.7 Å². The normalized spacial score (nSPS) is 22.6. The molecule has 0 N–H and O–H groups in total. The predicted octanol–water partition coefficient (Wildman–Crippen LogP) is 2.54. The summed E-state index contributed by atoms with van der Waals surface area (Å²) in [7, 11) is -2.81. The molecule has 2 aromatic rings. The number of esters is 2. The number of rotatable bonds is 6. The van der Waals surface area contributed by atoms with Gasteiger partial charge in [-0.1, -0.05) is 52.5 Å². The molecule has 2 aliphatic rings. The zero-order chi connectivity index (χ0) is 22.2. The smallest absolute Gasteiger partial charge is 0.323 e. The Morgan fingerprint density at radius 3 is 2.26 bits per heavy atom. The number of carbonyl (C=O) groups is 2. The Bertz CT molecular complexity index is 1080. The molecule has 1 heterocycles. The first-order valence-corrected chi connectivity index (χ1v) is 11.3. The van der Waals surface area contributed by atoms with Gasteiger partial charge in [-0.15, -0.1) is 0 Å². The average Bonchev–Trinajstić information content (AvgIpc) is 3.48. The van der Waals surface area contributed by atoms with Crippen LogP contribution in [0.25, 0.3) is 0 Å². The second-order valence-corrected chi connectivity index (χ2v) is 9.52. The molecule has 2 atom stereocenters. The summed E-state index contributed by atoms with van der Waals surface area (Å²) in [5.74, 6) is -1.36. The minimum atomic E-state index is -4.03. The summed E-state index contributed by atoms with van der Waals surface area (Å²) in [6.45, 7) is 1.70. The molecule has 0 radical (unpaired) electrons. The van der Waals surface area contributed by atoms with Crippen molar-refractivity contribution in [2.24, 2.45) is 5.41 Å². The van der Waals surface area contributed by atoms with E-state index in [4.69, 9.17) is 14.3 Å². The largest absolute Gasteiger partial charge is 0.468 e. The molecule has 0 amide bonds. The minimum Gasteiger partial charge on any atom is -0.468 e. The van der Waals surface area contributed by atoms with Crippen LogP contribution >= 0.6 is 0 Å². The molecular weight excluding hydrogens is 422 g/mol. The van der Waals surface area contributed by atoms with Crippen molar-refractivity contribution >= 4 is 22.0 Å². The molecule has 31 heavy (non-hydrogen) atoms. The average molecular weight is 445 g/mol. The molecule has 0 unspecified atom stereocenters. The van der Waals surface area contributed by atoms with Crippen molar-refractivity contribution < 1.29 is 32.3 Å². The lowest BCUT2D eigenvalue weighted by atomic mass is 10.0. The van der Waals surface area contributed by atoms with Gasteiger partial charge in [-0.05, 0) is 37.5 Å². The van der Waals surface area contributed by atoms with E-state index in [0.29, 0.717) is 18.4 Å². The van der Waals surface area contributed by atoms with Crippen molar-refractivity contribution in [1.29, 1.82) is 0 Å². The Balaban J connectivity index is 1.66. The van der Waals surface area contributed by atoms with Crippen LogP contribution in [0.1, 0.15) is 30.0 Å². The summed E-state index contributed by atoms with van der Waals surface area (Å²) in [5.41, 5.74) is 0.223. The molecule has 2 fully saturated rings. The SMILES string of the molecule is COC(=O)C1(C(=O)O[C@H]2CON(S(=O)(=O)c3ccc(C)cc3)[C@@H]2c2ccccc2)CC1. The van der Waals surface area contributed by atoms with Gasteiger partial charge in [-0.2, -0.15) is 0 Å². The van der Waals surface area contributed by atoms with E-state index in [1.165, 1.54) is 19.2 Å². The molecule has 0 aromatic heterocycles. The first kappa shape index (κ1) is 21.5. The van der Waals surface area contributed by atoms with E-state index >= 15 is 0 Å². The van der Waals surface area contributed by atoms with Crippen LogP contribution in [0.15, 0.2) is 59.5 Å². The highest BCUT2D eigenvalue weighted by Gasteiger charge is 2.60. The van der Waals surface area contributed by atoms with Gasteiger partial charge in [0.25, 0.3) is 10.0 Å². The number of sulfonamides is 1. The lowest BCUT2D eigenvalue weighted by Crippen LogP contribution is -2.37. The van der Waals surface area contributed by atoms with Gasteiger partial charge in [-0.3, -0.25) is 14.4 Å². The fraction of sp³-hybridized carbons (Fsp3) is 0.364. The third kappa shape index (κ3) is 3.84. The van der Waals surface area contributed by atoms with Crippen LogP contribution < -0.4 is 0 Å². The molecule has 0 bridgehead atoms. The second kappa shape index (κ2) is 8.07. The molecule has 164 valence electrons. The lowest BCUT2D eigenvalue weighted by molar-refractivity contribution is -0.166. The van der Waals surface area contributed by atoms with Gasteiger partial charge >= 0.3 is 11.9 Å². The second-order valence-electron chi connectivity index (χ2n) is 7.74. The quantitative estimate of drug-likeness (QED) is 0.498. The molecular formula is C22H23NO7S. The first-order chi connectivity index (χ1) is 14.8. The number of hydroxylamine groups is 1. The van der Waals surface area contributed by atoms with Gasteiger partial charge in [0.15, 0.2) is 11.5 Å². The number of aryl methyl sites for hydroxylation is 1. The molecule has 1 aliphatic carbocycles. The monoisotopic (exact) mass is 445 g/mol. The van der Waals surface area contributed by atoms with Crippen molar-refractivity contribution in [1.82, 2.24) is 4.47 Å². The van der Waals surface area contributed by atoms with Crippen LogP contribution in [0.2, 0.25) is 0 Å². The maximum atomic E-state index is 13.3. The van der Waals surface area contributed by atoms with Gasteiger partial charge in [0, 0.05) is 0 Å². The first-order valence-electron chi connectivity index (χ1n) is 9.88. The van der Waals surface area contributed by atoms with E-state index in [9.17, 15) is 18.0 Å². The van der Waals surface area contributed by atoms with Crippen molar-refractivity contribution in [2.75, 3.05) is 13.7 Å². The fourth-order valence-electron chi connectivity index (χ4n) is 3.63. The van der Waals surface area contributed by atoms with Crippen LogP contribution in [-0.4, -0.2) is 44.6 Å². The summed E-state index contributed by atoms with van der Waals surface area (Å²) in [5, 5.41) is 0. The summed E-state index contributed by atoms with van der Waals surface area (Å²) < 4.78 is 37.9. The van der Waals surface area contributed by atoms with Crippen LogP contribution in [0.4, 0.5) is 0 Å². The highest BCUT2D eigenvalue weighted by atomic mass is 32.2. The summed E-state index contributed by atoms with van der Waals surface area (Å²) in [6, 6.07) is 14.3. The predicted molar refractivity (Wildman–Crippen MR) is 109 cm³/mol. The number of carbonyl (C=O) groups excluding carboxylic acids is 2. The van der Waals surface area contributed by atoms with Crippen LogP contribution in [0, 0.1) is 12.3 Å². The Hall–Kier alpha value is -2.75. The number of hydrogen-bond acceptors (Lipinski definition) is 7. The molecule has 9 heteroatoms. The van der Waals surface area contributed by atoms with Gasteiger partial charge in [-0.25, -0.2) is 8.42 Å². The topological polar surface area (TPSA) is 99.2 Å². The van der Waals surface area contributed by atoms with Crippen molar-refractivity contribution in [3.8, 4) is 0 Å². The Morgan fingerprint density at radius 2 is 1.68 bits per heavy atom. The van der Waals surface area contributed by atoms with E-state index in [1.54, 1.807) is 42.5 Å². The number of nitrogens with zero attached hydrogens (tertiary/aromatic N) is 1. The van der Waals surface area contributed by atoms with E-state index in [2.05, 4.69) is 0 Å². The zero-order valence-electron chi connectivity index (χ0n) is 17.2. The van der Waals surface area contributed by atoms with E-state index in [1.807, 2.05) is 6.92 Å². The highest BCUT2D eigenvalue weighted by molar-refractivity contribution is 7.89. The molecule has 2 aromatic carbocycles. The lowest BCUT2D eigenvalue weighted by Gasteiger charge is -2.26. The zero-order valence-corrected chi connectivity index (χ0v) is 18.0. The number of methoxy groups -OCH3 is 1. The highest BCUT2D eigenvalue weighted by Crippen LogP contribution is 2.49. The van der Waals surface area contributed by atoms with Gasteiger partial charge in [0.05, 0.1) is 12.0 Å². The number of hydrogen-bond donors (Lipinski definition) is 0. The third-order valence-electron chi connectivity index (χ3n) is 5.62. The fourth-order valence-corrected chi connectivity index (χ4v) is 5.08. The molecule has 0 spiro atoms. The number of ether oxygens (including phenoxy) is 2. The van der Waals surface area contributed by atoms with Crippen LogP contribution in [0.5, 0.6) is 0 Å². The standard InChI is InChI=1S/C22H23NO7S/c1-15-8-10-17(11-9-15)31(26,27)23-19(16-6-4-3-5-7-16)18(14-29-23)30-21(25)22(12-13-22)20(24)28-2/h3-11,18-19H,12-14H2,1-2H3/t18-,19+/m0/s1. The molecule has 1 saturated heterocycles. The van der Waals surface area contributed by atoms with Gasteiger partial charge in [0.1, 0.15) is 12.6 Å². The summed E-state index contributed by atoms with van der Waals surface area (Å²) in [4.78, 5) is 30.4. The maximum absolute atomic E-state index is 13.3. The molecule has 4 rings (SSSR count). The molecule has 1 saturated carbocycles. The Morgan fingerprint density at radius 1 is 1.03 bits per heavy atom.